The number of fused-ring (bicyclic) bond motifs is 1. The van der Waals surface area contributed by atoms with Crippen LogP contribution in [0.4, 0.5) is 5.69 Å². The van der Waals surface area contributed by atoms with Crippen molar-refractivity contribution >= 4 is 21.6 Å². The van der Waals surface area contributed by atoms with Gasteiger partial charge in [0.15, 0.2) is 0 Å². The van der Waals surface area contributed by atoms with Gasteiger partial charge in [-0.15, -0.1) is 0 Å². The summed E-state index contributed by atoms with van der Waals surface area (Å²) >= 11 is 0. The van der Waals surface area contributed by atoms with Gasteiger partial charge in [-0.1, -0.05) is 0 Å². The Balaban J connectivity index is 1.56. The summed E-state index contributed by atoms with van der Waals surface area (Å²) in [6, 6.07) is 5.22. The highest BCUT2D eigenvalue weighted by molar-refractivity contribution is 7.92. The van der Waals surface area contributed by atoms with Crippen molar-refractivity contribution in [2.24, 2.45) is 0 Å². The van der Waals surface area contributed by atoms with Crippen molar-refractivity contribution in [1.29, 1.82) is 0 Å². The van der Waals surface area contributed by atoms with E-state index in [1.54, 1.807) is 18.2 Å². The lowest BCUT2D eigenvalue weighted by atomic mass is 10.1. The predicted molar refractivity (Wildman–Crippen MR) is 101 cm³/mol. The molecular weight excluding hydrogens is 354 g/mol. The van der Waals surface area contributed by atoms with Gasteiger partial charge in [0.2, 0.25) is 10.0 Å². The number of hydrogen-bond donors (Lipinski definition) is 1. The van der Waals surface area contributed by atoms with Crippen LogP contribution in [0.2, 0.25) is 0 Å². The number of amides is 1. The molecule has 2 aliphatic heterocycles. The molecule has 7 nitrogen and oxygen atoms in total. The molecule has 26 heavy (non-hydrogen) atoms. The van der Waals surface area contributed by atoms with Crippen molar-refractivity contribution in [1.82, 2.24) is 10.2 Å². The van der Waals surface area contributed by atoms with Gasteiger partial charge >= 0.3 is 0 Å². The molecule has 1 aromatic rings. The summed E-state index contributed by atoms with van der Waals surface area (Å²) in [5, 5.41) is 2.96. The molecular formula is C18H27N3O4S. The lowest BCUT2D eigenvalue weighted by Crippen LogP contribution is -2.47. The molecule has 8 heteroatoms. The fourth-order valence-electron chi connectivity index (χ4n) is 3.75. The quantitative estimate of drug-likeness (QED) is 0.818. The Labute approximate surface area is 155 Å². The van der Waals surface area contributed by atoms with Crippen molar-refractivity contribution in [2.75, 3.05) is 43.3 Å². The molecule has 144 valence electrons. The van der Waals surface area contributed by atoms with Gasteiger partial charge in [0.25, 0.3) is 5.91 Å². The first kappa shape index (κ1) is 19.1. The Morgan fingerprint density at radius 2 is 1.96 bits per heavy atom. The van der Waals surface area contributed by atoms with Crippen LogP contribution in [-0.2, 0) is 21.2 Å². The third-order valence-electron chi connectivity index (χ3n) is 4.80. The maximum Gasteiger partial charge on any atom is 0.251 e. The van der Waals surface area contributed by atoms with Gasteiger partial charge < -0.3 is 10.1 Å². The first-order chi connectivity index (χ1) is 12.2. The predicted octanol–water partition coefficient (Wildman–Crippen LogP) is 0.848. The molecule has 0 aliphatic carbocycles. The third kappa shape index (κ3) is 4.36. The van der Waals surface area contributed by atoms with Crippen molar-refractivity contribution in [2.45, 2.75) is 32.5 Å². The number of nitrogens with one attached hydrogen (secondary N) is 1. The van der Waals surface area contributed by atoms with Crippen LogP contribution in [0.1, 0.15) is 29.8 Å². The second kappa shape index (κ2) is 7.54. The third-order valence-corrected chi connectivity index (χ3v) is 5.98. The molecule has 0 saturated carbocycles. The molecule has 3 rings (SSSR count). The highest BCUT2D eigenvalue weighted by Crippen LogP contribution is 2.30. The minimum absolute atomic E-state index is 0.125. The molecule has 1 fully saturated rings. The van der Waals surface area contributed by atoms with Crippen LogP contribution in [0.15, 0.2) is 18.2 Å². The normalized spacial score (nSPS) is 23.7. The highest BCUT2D eigenvalue weighted by Gasteiger charge is 2.27. The zero-order valence-electron chi connectivity index (χ0n) is 15.6. The van der Waals surface area contributed by atoms with Gasteiger partial charge in [-0.05, 0) is 44.0 Å². The summed E-state index contributed by atoms with van der Waals surface area (Å²) in [5.41, 5.74) is 2.15. The van der Waals surface area contributed by atoms with Crippen LogP contribution in [0.5, 0.6) is 0 Å². The first-order valence-corrected chi connectivity index (χ1v) is 10.9. The number of rotatable bonds is 5. The second-order valence-electron chi connectivity index (χ2n) is 7.20. The first-order valence-electron chi connectivity index (χ1n) is 9.00. The van der Waals surface area contributed by atoms with Crippen molar-refractivity contribution in [3.8, 4) is 0 Å². The molecule has 0 spiro atoms. The topological polar surface area (TPSA) is 79.0 Å². The number of benzene rings is 1. The number of carbonyl (C=O) groups is 1. The summed E-state index contributed by atoms with van der Waals surface area (Å²) in [6.07, 6.45) is 2.26. The summed E-state index contributed by atoms with van der Waals surface area (Å²) in [4.78, 5) is 14.7. The number of hydrogen-bond acceptors (Lipinski definition) is 5. The van der Waals surface area contributed by atoms with E-state index in [-0.39, 0.29) is 18.1 Å². The van der Waals surface area contributed by atoms with Crippen molar-refractivity contribution < 1.29 is 17.9 Å². The van der Waals surface area contributed by atoms with E-state index in [4.69, 9.17) is 4.74 Å². The van der Waals surface area contributed by atoms with Gasteiger partial charge in [-0.3, -0.25) is 14.0 Å². The van der Waals surface area contributed by atoms with E-state index < -0.39 is 10.0 Å². The molecule has 2 heterocycles. The molecule has 1 amide bonds. The zero-order valence-corrected chi connectivity index (χ0v) is 16.4. The Morgan fingerprint density at radius 3 is 2.62 bits per heavy atom. The number of carbonyl (C=O) groups excluding carboxylic acids is 1. The lowest BCUT2D eigenvalue weighted by Gasteiger charge is -2.35. The summed E-state index contributed by atoms with van der Waals surface area (Å²) in [6.45, 7) is 7.67. The lowest BCUT2D eigenvalue weighted by molar-refractivity contribution is -0.0672. The molecule has 2 atom stereocenters. The van der Waals surface area contributed by atoms with E-state index >= 15 is 0 Å². The monoisotopic (exact) mass is 381 g/mol. The van der Waals surface area contributed by atoms with Crippen LogP contribution in [0.25, 0.3) is 0 Å². The average Bonchev–Trinajstić information content (AvgIpc) is 2.97. The Kier molecular flexibility index (Phi) is 5.55. The van der Waals surface area contributed by atoms with Crippen LogP contribution in [0.3, 0.4) is 0 Å². The van der Waals surface area contributed by atoms with Crippen molar-refractivity contribution in [3.63, 3.8) is 0 Å². The van der Waals surface area contributed by atoms with E-state index in [9.17, 15) is 13.2 Å². The van der Waals surface area contributed by atoms with Gasteiger partial charge in [-0.25, -0.2) is 8.42 Å². The highest BCUT2D eigenvalue weighted by atomic mass is 32.2. The molecule has 2 unspecified atom stereocenters. The standard InChI is InChI=1S/C18H27N3O4S/c1-13-11-20(12-14(2)25-13)9-7-19-18(22)16-4-5-17-15(10-16)6-8-21(17)26(3,23)24/h4-5,10,13-14H,6-9,11-12H2,1-3H3,(H,19,22). The Bertz CT molecular complexity index is 771. The van der Waals surface area contributed by atoms with E-state index in [1.807, 2.05) is 0 Å². The SMILES string of the molecule is CC1CN(CCNC(=O)c2ccc3c(c2)CCN3S(C)(=O)=O)CC(C)O1. The van der Waals surface area contributed by atoms with Gasteiger partial charge in [-0.2, -0.15) is 0 Å². The second-order valence-corrected chi connectivity index (χ2v) is 9.11. The number of ether oxygens (including phenoxy) is 1. The number of sulfonamides is 1. The van der Waals surface area contributed by atoms with Gasteiger partial charge in [0.05, 0.1) is 24.2 Å². The molecule has 0 aromatic heterocycles. The summed E-state index contributed by atoms with van der Waals surface area (Å²) < 4.78 is 30.7. The molecule has 1 saturated heterocycles. The van der Waals surface area contributed by atoms with E-state index in [0.717, 1.165) is 25.2 Å². The van der Waals surface area contributed by atoms with E-state index in [2.05, 4.69) is 24.1 Å². The molecule has 1 N–H and O–H groups in total. The van der Waals surface area contributed by atoms with Crippen LogP contribution in [-0.4, -0.2) is 70.4 Å². The number of morpholine rings is 1. The smallest absolute Gasteiger partial charge is 0.251 e. The van der Waals surface area contributed by atoms with Crippen LogP contribution >= 0.6 is 0 Å². The summed E-state index contributed by atoms with van der Waals surface area (Å²) in [5.74, 6) is -0.125. The average molecular weight is 381 g/mol. The van der Waals surface area contributed by atoms with E-state index in [0.29, 0.717) is 30.8 Å². The van der Waals surface area contributed by atoms with Gasteiger partial charge in [0, 0.05) is 38.3 Å². The largest absolute Gasteiger partial charge is 0.373 e. The maximum absolute atomic E-state index is 12.4. The van der Waals surface area contributed by atoms with E-state index in [1.165, 1.54) is 10.6 Å². The molecule has 0 bridgehead atoms. The Morgan fingerprint density at radius 1 is 1.27 bits per heavy atom. The number of anilines is 1. The Hall–Kier alpha value is -1.64. The summed E-state index contributed by atoms with van der Waals surface area (Å²) in [7, 11) is -3.27. The minimum atomic E-state index is -3.27. The van der Waals surface area contributed by atoms with Crippen LogP contribution < -0.4 is 9.62 Å². The maximum atomic E-state index is 12.4. The fraction of sp³-hybridized carbons (Fsp3) is 0.611. The molecule has 1 aromatic carbocycles. The fourth-order valence-corrected chi connectivity index (χ4v) is 4.71. The number of nitrogens with zero attached hydrogens (tertiary/aromatic N) is 2. The van der Waals surface area contributed by atoms with Crippen molar-refractivity contribution in [3.05, 3.63) is 29.3 Å². The zero-order chi connectivity index (χ0) is 18.9. The van der Waals surface area contributed by atoms with Crippen LogP contribution in [0, 0.1) is 0 Å². The minimum Gasteiger partial charge on any atom is -0.373 e. The van der Waals surface area contributed by atoms with Gasteiger partial charge in [0.1, 0.15) is 0 Å². The molecule has 2 aliphatic rings. The molecule has 0 radical (unpaired) electrons.